The van der Waals surface area contributed by atoms with E-state index in [1.807, 2.05) is 27.7 Å². The number of benzene rings is 2. The van der Waals surface area contributed by atoms with Crippen LogP contribution in [0.15, 0.2) is 73.3 Å². The molecule has 0 aromatic heterocycles. The minimum Gasteiger partial charge on any atom is -0.405 e. The number of hydrogen-bond donors (Lipinski definition) is 1. The summed E-state index contributed by atoms with van der Waals surface area (Å²) in [5.41, 5.74) is -0.756. The van der Waals surface area contributed by atoms with Crippen molar-refractivity contribution in [1.82, 2.24) is 0 Å². The number of ether oxygens (including phenoxy) is 2. The highest BCUT2D eigenvalue weighted by Gasteiger charge is 2.51. The van der Waals surface area contributed by atoms with Crippen molar-refractivity contribution in [2.45, 2.75) is 124 Å². The molecule has 3 rings (SSSR count). The summed E-state index contributed by atoms with van der Waals surface area (Å²) in [6, 6.07) is 21.5. The van der Waals surface area contributed by atoms with Crippen LogP contribution in [0.5, 0.6) is 0 Å². The molecule has 0 radical (unpaired) electrons. The summed E-state index contributed by atoms with van der Waals surface area (Å²) in [5, 5.41) is 14.0. The molecule has 0 bridgehead atoms. The van der Waals surface area contributed by atoms with Gasteiger partial charge in [-0.3, -0.25) is 4.79 Å². The molecule has 6 heteroatoms. The summed E-state index contributed by atoms with van der Waals surface area (Å²) in [7, 11) is -2.63. The highest BCUT2D eigenvalue weighted by molar-refractivity contribution is 6.99. The van der Waals surface area contributed by atoms with Gasteiger partial charge in [-0.25, -0.2) is 0 Å². The van der Waals surface area contributed by atoms with Crippen molar-refractivity contribution in [2.75, 3.05) is 6.61 Å². The maximum Gasteiger partial charge on any atom is 0.261 e. The molecule has 5 atom stereocenters. The van der Waals surface area contributed by atoms with Gasteiger partial charge in [0.05, 0.1) is 24.2 Å². The van der Waals surface area contributed by atoms with Gasteiger partial charge in [0.2, 0.25) is 0 Å². The van der Waals surface area contributed by atoms with E-state index in [-0.39, 0.29) is 28.9 Å². The highest BCUT2D eigenvalue weighted by atomic mass is 28.4. The summed E-state index contributed by atoms with van der Waals surface area (Å²) in [5.74, 6) is -1.28. The lowest BCUT2D eigenvalue weighted by molar-refractivity contribution is -0.289. The molecule has 2 aromatic rings. The lowest BCUT2D eigenvalue weighted by Crippen LogP contribution is -2.67. The Morgan fingerprint density at radius 2 is 1.57 bits per heavy atom. The summed E-state index contributed by atoms with van der Waals surface area (Å²) < 4.78 is 19.2. The molecule has 1 aliphatic rings. The molecule has 1 fully saturated rings. The molecule has 2 aromatic carbocycles. The van der Waals surface area contributed by atoms with Crippen molar-refractivity contribution in [1.29, 1.82) is 0 Å². The van der Waals surface area contributed by atoms with Crippen LogP contribution in [0.1, 0.15) is 94.4 Å². The third-order valence-electron chi connectivity index (χ3n) is 9.51. The average Bonchev–Trinajstić information content (AvgIpc) is 2.97. The van der Waals surface area contributed by atoms with Crippen LogP contribution in [0.4, 0.5) is 0 Å². The Kier molecular flexibility index (Phi) is 12.4. The zero-order valence-corrected chi connectivity index (χ0v) is 29.8. The zero-order chi connectivity index (χ0) is 32.8. The van der Waals surface area contributed by atoms with Crippen molar-refractivity contribution >= 4 is 24.5 Å². The van der Waals surface area contributed by atoms with E-state index in [1.165, 1.54) is 10.4 Å². The smallest absolute Gasteiger partial charge is 0.261 e. The van der Waals surface area contributed by atoms with Gasteiger partial charge in [-0.1, -0.05) is 115 Å². The van der Waals surface area contributed by atoms with E-state index < -0.39 is 31.5 Å². The molecule has 0 amide bonds. The van der Waals surface area contributed by atoms with Gasteiger partial charge >= 0.3 is 0 Å². The zero-order valence-electron chi connectivity index (χ0n) is 28.8. The van der Waals surface area contributed by atoms with Crippen LogP contribution in [0.3, 0.4) is 0 Å². The highest BCUT2D eigenvalue weighted by Crippen LogP contribution is 2.40. The van der Waals surface area contributed by atoms with Crippen LogP contribution in [0.25, 0.3) is 0 Å². The van der Waals surface area contributed by atoms with Crippen LogP contribution in [-0.4, -0.2) is 49.9 Å². The fourth-order valence-electron chi connectivity index (χ4n) is 6.92. The first-order chi connectivity index (χ1) is 20.6. The lowest BCUT2D eigenvalue weighted by atomic mass is 9.71. The van der Waals surface area contributed by atoms with Crippen molar-refractivity contribution in [3.05, 3.63) is 73.3 Å². The second-order valence-corrected chi connectivity index (χ2v) is 19.1. The van der Waals surface area contributed by atoms with Gasteiger partial charge in [0.1, 0.15) is 5.78 Å². The first kappa shape index (κ1) is 36.4. The van der Waals surface area contributed by atoms with Crippen LogP contribution in [-0.2, 0) is 18.7 Å². The quantitative estimate of drug-likeness (QED) is 0.165. The number of aliphatic hydroxyl groups excluding tert-OH is 1. The number of carbonyl (C=O) groups is 1. The second-order valence-electron chi connectivity index (χ2n) is 14.9. The van der Waals surface area contributed by atoms with Gasteiger partial charge in [-0.05, 0) is 67.8 Å². The Balaban J connectivity index is 1.71. The molecular weight excluding hydrogens is 564 g/mol. The summed E-state index contributed by atoms with van der Waals surface area (Å²) in [4.78, 5) is 14.0. The summed E-state index contributed by atoms with van der Waals surface area (Å²) >= 11 is 0. The monoisotopic (exact) mass is 622 g/mol. The average molecular weight is 623 g/mol. The predicted molar refractivity (Wildman–Crippen MR) is 184 cm³/mol. The first-order valence-corrected chi connectivity index (χ1v) is 18.4. The third kappa shape index (κ3) is 8.38. The minimum atomic E-state index is -2.63. The van der Waals surface area contributed by atoms with Crippen molar-refractivity contribution in [3.8, 4) is 0 Å². The molecule has 0 aliphatic carbocycles. The molecule has 0 saturated carbocycles. The largest absolute Gasteiger partial charge is 0.405 e. The van der Waals surface area contributed by atoms with E-state index >= 15 is 0 Å². The predicted octanol–water partition coefficient (Wildman–Crippen LogP) is 7.45. The van der Waals surface area contributed by atoms with E-state index in [0.717, 1.165) is 19.3 Å². The summed E-state index contributed by atoms with van der Waals surface area (Å²) in [6.07, 6.45) is 4.41. The van der Waals surface area contributed by atoms with Crippen LogP contribution >= 0.6 is 0 Å². The van der Waals surface area contributed by atoms with Crippen molar-refractivity contribution < 1.29 is 23.8 Å². The number of carbonyl (C=O) groups excluding carboxylic acids is 1. The Morgan fingerprint density at radius 1 is 1.02 bits per heavy atom. The van der Waals surface area contributed by atoms with Crippen LogP contribution in [0.2, 0.25) is 5.04 Å². The molecule has 1 saturated heterocycles. The van der Waals surface area contributed by atoms with Crippen molar-refractivity contribution in [2.24, 2.45) is 17.3 Å². The van der Waals surface area contributed by atoms with Crippen molar-refractivity contribution in [3.63, 3.8) is 0 Å². The summed E-state index contributed by atoms with van der Waals surface area (Å²) in [6.45, 7) is 23.3. The Morgan fingerprint density at radius 3 is 2.05 bits per heavy atom. The van der Waals surface area contributed by atoms with Gasteiger partial charge in [0.25, 0.3) is 8.32 Å². The molecule has 2 unspecified atom stereocenters. The fraction of sp³-hybridized carbons (Fsp3) is 0.605. The van der Waals surface area contributed by atoms with Crippen LogP contribution < -0.4 is 10.4 Å². The first-order valence-electron chi connectivity index (χ1n) is 16.5. The molecule has 1 heterocycles. The van der Waals surface area contributed by atoms with E-state index in [9.17, 15) is 9.90 Å². The Labute approximate surface area is 268 Å². The minimum absolute atomic E-state index is 0.0304. The SMILES string of the molecule is C=CCC(C(=O)C(C)(C)[C@H]1CCOC(C)(C)O1)[C@@H](O)[C@@H](C)CCCC(C)O[Si](c1ccccc1)(c1ccccc1)C(C)(C)C. The lowest BCUT2D eigenvalue weighted by Gasteiger charge is -2.45. The Bertz CT molecular complexity index is 1150. The van der Waals surface area contributed by atoms with Gasteiger partial charge in [-0.2, -0.15) is 0 Å². The second kappa shape index (κ2) is 15.0. The Hall–Kier alpha value is -2.09. The molecular formula is C38H58O5Si. The number of allylic oxidation sites excluding steroid dienone is 1. The molecule has 244 valence electrons. The molecule has 1 N–H and O–H groups in total. The maximum absolute atomic E-state index is 14.0. The standard InChI is InChI=1S/C38H58O5Si/c1-11-19-32(35(40)37(7,8)33-26-27-41-38(9,10)42-33)34(39)28(2)20-18-21-29(3)43-44(36(4,5)6,30-22-14-12-15-23-30)31-24-16-13-17-25-31/h11-17,22-25,28-29,32-34,39H,1,18-21,26-27H2,2-10H3/t28-,29?,32?,33+,34-/m0/s1. The van der Waals surface area contributed by atoms with Crippen LogP contribution in [0, 0.1) is 17.3 Å². The number of aliphatic hydroxyl groups is 1. The molecule has 1 aliphatic heterocycles. The van der Waals surface area contributed by atoms with E-state index in [4.69, 9.17) is 13.9 Å². The fourth-order valence-corrected chi connectivity index (χ4v) is 11.7. The third-order valence-corrected chi connectivity index (χ3v) is 14.7. The topological polar surface area (TPSA) is 65.0 Å². The number of hydrogen-bond acceptors (Lipinski definition) is 5. The molecule has 0 spiro atoms. The van der Waals surface area contributed by atoms with Gasteiger partial charge in [0.15, 0.2) is 5.79 Å². The van der Waals surface area contributed by atoms with Gasteiger partial charge in [0, 0.05) is 12.0 Å². The number of ketones is 1. The molecule has 44 heavy (non-hydrogen) atoms. The molecule has 5 nitrogen and oxygen atoms in total. The normalized spacial score (nSPS) is 20.4. The van der Waals surface area contributed by atoms with E-state index in [1.54, 1.807) is 6.08 Å². The maximum atomic E-state index is 14.0. The number of Topliss-reactive ketones (excluding diaryl/α,β-unsaturated/α-hetero) is 1. The number of rotatable bonds is 15. The van der Waals surface area contributed by atoms with E-state index in [2.05, 4.69) is 102 Å². The van der Waals surface area contributed by atoms with Gasteiger partial charge in [-0.15, -0.1) is 6.58 Å². The van der Waals surface area contributed by atoms with Gasteiger partial charge < -0.3 is 19.0 Å². The van der Waals surface area contributed by atoms with E-state index in [0.29, 0.717) is 19.4 Å².